The summed E-state index contributed by atoms with van der Waals surface area (Å²) in [5.74, 6) is -0.0931. The van der Waals surface area contributed by atoms with E-state index in [1.54, 1.807) is 13.0 Å². The highest BCUT2D eigenvalue weighted by Gasteiger charge is 2.28. The maximum Gasteiger partial charge on any atom is 0.338 e. The van der Waals surface area contributed by atoms with Gasteiger partial charge in [0.25, 0.3) is 5.91 Å². The molecule has 0 saturated heterocycles. The Hall–Kier alpha value is -1.89. The van der Waals surface area contributed by atoms with E-state index in [0.717, 1.165) is 19.1 Å². The fourth-order valence-corrected chi connectivity index (χ4v) is 3.94. The summed E-state index contributed by atoms with van der Waals surface area (Å²) in [6.45, 7) is 5.62. The van der Waals surface area contributed by atoms with Crippen LogP contribution in [-0.2, 0) is 19.4 Å². The van der Waals surface area contributed by atoms with Crippen molar-refractivity contribution in [2.24, 2.45) is 11.8 Å². The Morgan fingerprint density at radius 1 is 1.23 bits per heavy atom. The molecule has 1 aliphatic carbocycles. The summed E-state index contributed by atoms with van der Waals surface area (Å²) in [4.78, 5) is 24.4. The first-order valence-electron chi connectivity index (χ1n) is 8.86. The minimum Gasteiger partial charge on any atom is -0.452 e. The molecular weight excluding hydrogens is 354 g/mol. The van der Waals surface area contributed by atoms with Crippen molar-refractivity contribution in [2.45, 2.75) is 51.0 Å². The molecule has 0 aliphatic heterocycles. The third-order valence-electron chi connectivity index (χ3n) is 5.24. The molecule has 26 heavy (non-hydrogen) atoms. The van der Waals surface area contributed by atoms with Crippen LogP contribution < -0.4 is 5.32 Å². The summed E-state index contributed by atoms with van der Waals surface area (Å²) in [7, 11) is -3.42. The SMILES string of the molecule is Cc1ccc(S(C)(=O)=O)cc1C(=O)OCC(=O)N[C@H]1CCC[C@H](C)[C@@H]1C. The van der Waals surface area contributed by atoms with Crippen LogP contribution in [0.1, 0.15) is 49.0 Å². The maximum absolute atomic E-state index is 12.3. The predicted octanol–water partition coefficient (Wildman–Crippen LogP) is 2.50. The Morgan fingerprint density at radius 2 is 1.92 bits per heavy atom. The standard InChI is InChI=1S/C19H27NO5S/c1-12-6-5-7-17(14(12)3)20-18(21)11-25-19(22)16-10-15(26(4,23)24)9-8-13(16)2/h8-10,12,14,17H,5-7,11H2,1-4H3,(H,20,21)/t12-,14-,17-/m0/s1. The van der Waals surface area contributed by atoms with Crippen LogP contribution in [0.5, 0.6) is 0 Å². The molecule has 0 radical (unpaired) electrons. The highest BCUT2D eigenvalue weighted by atomic mass is 32.2. The third kappa shape index (κ3) is 5.06. The normalized spacial score (nSPS) is 23.3. The molecule has 3 atom stereocenters. The number of rotatable bonds is 5. The van der Waals surface area contributed by atoms with Crippen LogP contribution in [0.3, 0.4) is 0 Å². The van der Waals surface area contributed by atoms with Gasteiger partial charge in [-0.1, -0.05) is 32.8 Å². The van der Waals surface area contributed by atoms with E-state index in [1.165, 1.54) is 18.6 Å². The van der Waals surface area contributed by atoms with Crippen LogP contribution in [0, 0.1) is 18.8 Å². The van der Waals surface area contributed by atoms with E-state index in [2.05, 4.69) is 19.2 Å². The van der Waals surface area contributed by atoms with Gasteiger partial charge in [-0.25, -0.2) is 13.2 Å². The molecule has 0 aromatic heterocycles. The zero-order valence-electron chi connectivity index (χ0n) is 15.7. The molecule has 1 aromatic rings. The van der Waals surface area contributed by atoms with E-state index in [9.17, 15) is 18.0 Å². The summed E-state index contributed by atoms with van der Waals surface area (Å²) >= 11 is 0. The van der Waals surface area contributed by atoms with Gasteiger partial charge in [-0.15, -0.1) is 0 Å². The molecule has 144 valence electrons. The van der Waals surface area contributed by atoms with Crippen molar-refractivity contribution in [3.8, 4) is 0 Å². The first-order chi connectivity index (χ1) is 12.1. The minimum atomic E-state index is -3.42. The van der Waals surface area contributed by atoms with E-state index < -0.39 is 15.8 Å². The van der Waals surface area contributed by atoms with Gasteiger partial charge >= 0.3 is 5.97 Å². The van der Waals surface area contributed by atoms with E-state index >= 15 is 0 Å². The lowest BCUT2D eigenvalue weighted by Crippen LogP contribution is -2.45. The lowest BCUT2D eigenvalue weighted by molar-refractivity contribution is -0.125. The Bertz CT molecular complexity index is 787. The van der Waals surface area contributed by atoms with Gasteiger partial charge in [0.1, 0.15) is 0 Å². The summed E-state index contributed by atoms with van der Waals surface area (Å²) < 4.78 is 28.4. The zero-order chi connectivity index (χ0) is 19.5. The van der Waals surface area contributed by atoms with Crippen LogP contribution in [0.2, 0.25) is 0 Å². The average Bonchev–Trinajstić information content (AvgIpc) is 2.56. The van der Waals surface area contributed by atoms with Crippen molar-refractivity contribution in [2.75, 3.05) is 12.9 Å². The first kappa shape index (κ1) is 20.4. The quantitative estimate of drug-likeness (QED) is 0.792. The first-order valence-corrected chi connectivity index (χ1v) is 10.8. The number of esters is 1. The van der Waals surface area contributed by atoms with Gasteiger partial charge in [0, 0.05) is 12.3 Å². The molecule has 0 heterocycles. The number of sulfone groups is 1. The van der Waals surface area contributed by atoms with E-state index in [0.29, 0.717) is 17.4 Å². The van der Waals surface area contributed by atoms with Gasteiger partial charge in [-0.2, -0.15) is 0 Å². The van der Waals surface area contributed by atoms with Gasteiger partial charge in [0.15, 0.2) is 16.4 Å². The van der Waals surface area contributed by atoms with E-state index in [4.69, 9.17) is 4.74 Å². The summed E-state index contributed by atoms with van der Waals surface area (Å²) in [5.41, 5.74) is 0.748. The molecule has 1 amide bonds. The molecule has 1 N–H and O–H groups in total. The second-order valence-electron chi connectivity index (χ2n) is 7.27. The molecule has 1 saturated carbocycles. The molecule has 0 bridgehead atoms. The Balaban J connectivity index is 1.97. The number of carbonyl (C=O) groups excluding carboxylic acids is 2. The monoisotopic (exact) mass is 381 g/mol. The van der Waals surface area contributed by atoms with Crippen LogP contribution in [0.4, 0.5) is 0 Å². The molecule has 1 aromatic carbocycles. The number of nitrogens with one attached hydrogen (secondary N) is 1. The van der Waals surface area contributed by atoms with E-state index in [1.807, 2.05) is 0 Å². The molecule has 0 unspecified atom stereocenters. The molecule has 6 nitrogen and oxygen atoms in total. The Morgan fingerprint density at radius 3 is 2.58 bits per heavy atom. The molecule has 1 aliphatic rings. The van der Waals surface area contributed by atoms with Gasteiger partial charge < -0.3 is 10.1 Å². The number of aryl methyl sites for hydroxylation is 1. The van der Waals surface area contributed by atoms with Crippen LogP contribution >= 0.6 is 0 Å². The maximum atomic E-state index is 12.3. The molecule has 0 spiro atoms. The van der Waals surface area contributed by atoms with E-state index in [-0.39, 0.29) is 29.0 Å². The second-order valence-corrected chi connectivity index (χ2v) is 9.28. The number of ether oxygens (including phenoxy) is 1. The van der Waals surface area contributed by atoms with Crippen LogP contribution in [0.25, 0.3) is 0 Å². The fraction of sp³-hybridized carbons (Fsp3) is 0.579. The predicted molar refractivity (Wildman–Crippen MR) is 98.7 cm³/mol. The number of amides is 1. The Labute approximate surface area is 155 Å². The van der Waals surface area contributed by atoms with Crippen LogP contribution in [-0.4, -0.2) is 39.2 Å². The molecular formula is C19H27NO5S. The van der Waals surface area contributed by atoms with Crippen molar-refractivity contribution < 1.29 is 22.7 Å². The summed E-state index contributed by atoms with van der Waals surface area (Å²) in [6.07, 6.45) is 4.25. The minimum absolute atomic E-state index is 0.0459. The van der Waals surface area contributed by atoms with Gasteiger partial charge in [0.2, 0.25) is 0 Å². The molecule has 7 heteroatoms. The van der Waals surface area contributed by atoms with Crippen molar-refractivity contribution in [1.82, 2.24) is 5.32 Å². The fourth-order valence-electron chi connectivity index (χ4n) is 3.29. The Kier molecular flexibility index (Phi) is 6.44. The van der Waals surface area contributed by atoms with Crippen molar-refractivity contribution >= 4 is 21.7 Å². The highest BCUT2D eigenvalue weighted by Crippen LogP contribution is 2.29. The van der Waals surface area contributed by atoms with Crippen molar-refractivity contribution in [1.29, 1.82) is 0 Å². The number of benzene rings is 1. The number of carbonyl (C=O) groups is 2. The van der Waals surface area contributed by atoms with Gasteiger partial charge in [-0.3, -0.25) is 4.79 Å². The van der Waals surface area contributed by atoms with Crippen LogP contribution in [0.15, 0.2) is 23.1 Å². The average molecular weight is 381 g/mol. The molecule has 1 fully saturated rings. The van der Waals surface area contributed by atoms with Gasteiger partial charge in [-0.05, 0) is 42.9 Å². The summed E-state index contributed by atoms with van der Waals surface area (Å²) in [6, 6.07) is 4.38. The number of hydrogen-bond acceptors (Lipinski definition) is 5. The lowest BCUT2D eigenvalue weighted by Gasteiger charge is -2.34. The number of hydrogen-bond donors (Lipinski definition) is 1. The van der Waals surface area contributed by atoms with Crippen molar-refractivity contribution in [3.63, 3.8) is 0 Å². The third-order valence-corrected chi connectivity index (χ3v) is 6.35. The van der Waals surface area contributed by atoms with Crippen molar-refractivity contribution in [3.05, 3.63) is 29.3 Å². The summed E-state index contributed by atoms with van der Waals surface area (Å²) in [5, 5.41) is 2.94. The smallest absolute Gasteiger partial charge is 0.338 e. The second kappa shape index (κ2) is 8.20. The van der Waals surface area contributed by atoms with Gasteiger partial charge in [0.05, 0.1) is 10.5 Å². The zero-order valence-corrected chi connectivity index (χ0v) is 16.6. The topological polar surface area (TPSA) is 89.5 Å². The lowest BCUT2D eigenvalue weighted by atomic mass is 9.78. The highest BCUT2D eigenvalue weighted by molar-refractivity contribution is 7.90. The largest absolute Gasteiger partial charge is 0.452 e. The molecule has 2 rings (SSSR count).